The van der Waals surface area contributed by atoms with Crippen LogP contribution >= 0.6 is 0 Å². The van der Waals surface area contributed by atoms with Crippen molar-refractivity contribution < 1.29 is 18.7 Å². The molecule has 2 N–H and O–H groups in total. The lowest BCUT2D eigenvalue weighted by atomic mass is 9.69. The van der Waals surface area contributed by atoms with E-state index in [0.29, 0.717) is 22.5 Å². The Morgan fingerprint density at radius 2 is 1.94 bits per heavy atom. The van der Waals surface area contributed by atoms with Crippen molar-refractivity contribution in [3.63, 3.8) is 0 Å². The van der Waals surface area contributed by atoms with Crippen molar-refractivity contribution in [1.29, 1.82) is 5.26 Å². The zero-order valence-corrected chi connectivity index (χ0v) is 19.7. The fourth-order valence-corrected chi connectivity index (χ4v) is 5.16. The molecular formula is C27H23FN4O4. The van der Waals surface area contributed by atoms with Gasteiger partial charge in [-0.3, -0.25) is 9.59 Å². The van der Waals surface area contributed by atoms with Crippen molar-refractivity contribution in [1.82, 2.24) is 4.57 Å². The van der Waals surface area contributed by atoms with Crippen LogP contribution in [0, 0.1) is 24.1 Å². The van der Waals surface area contributed by atoms with Crippen LogP contribution in [-0.4, -0.2) is 24.2 Å². The fourth-order valence-electron chi connectivity index (χ4n) is 5.16. The molecule has 1 atom stereocenters. The van der Waals surface area contributed by atoms with Crippen LogP contribution < -0.4 is 20.9 Å². The van der Waals surface area contributed by atoms with E-state index in [1.54, 1.807) is 49.4 Å². The van der Waals surface area contributed by atoms with Gasteiger partial charge in [-0.1, -0.05) is 30.3 Å². The number of rotatable bonds is 5. The number of nitrogens with zero attached hydrogens (tertiary/aromatic N) is 3. The number of aryl methyl sites for hydroxylation is 1. The van der Waals surface area contributed by atoms with Crippen LogP contribution in [-0.2, 0) is 28.0 Å². The molecule has 1 spiro atoms. The van der Waals surface area contributed by atoms with Crippen LogP contribution in [0.4, 0.5) is 10.1 Å². The van der Waals surface area contributed by atoms with Crippen LogP contribution in [0.1, 0.15) is 22.4 Å². The maximum absolute atomic E-state index is 14.4. The number of fused-ring (bicyclic) bond motifs is 4. The number of amides is 1. The van der Waals surface area contributed by atoms with Crippen LogP contribution in [0.3, 0.4) is 0 Å². The molecule has 0 saturated heterocycles. The first-order valence-corrected chi connectivity index (χ1v) is 11.3. The highest BCUT2D eigenvalue weighted by Gasteiger charge is 2.60. The lowest BCUT2D eigenvalue weighted by Crippen LogP contribution is -2.50. The number of benzene rings is 2. The van der Waals surface area contributed by atoms with Crippen molar-refractivity contribution in [2.45, 2.75) is 25.4 Å². The first-order valence-electron chi connectivity index (χ1n) is 11.3. The number of carbonyl (C=O) groups is 1. The van der Waals surface area contributed by atoms with Crippen LogP contribution in [0.5, 0.6) is 5.75 Å². The average Bonchev–Trinajstić information content (AvgIpc) is 3.07. The Labute approximate surface area is 206 Å². The van der Waals surface area contributed by atoms with E-state index in [0.717, 1.165) is 0 Å². The maximum Gasteiger partial charge on any atom is 0.259 e. The molecule has 36 heavy (non-hydrogen) atoms. The number of nitrogens with two attached hydrogens (primary N) is 1. The van der Waals surface area contributed by atoms with Gasteiger partial charge < -0.3 is 24.7 Å². The van der Waals surface area contributed by atoms with Crippen LogP contribution in [0.25, 0.3) is 0 Å². The minimum Gasteiger partial charge on any atom is -0.440 e. The highest BCUT2D eigenvalue weighted by Crippen LogP contribution is 2.54. The summed E-state index contributed by atoms with van der Waals surface area (Å²) in [6, 6.07) is 16.6. The molecule has 8 nitrogen and oxygen atoms in total. The Morgan fingerprint density at radius 3 is 2.67 bits per heavy atom. The van der Waals surface area contributed by atoms with E-state index in [1.165, 1.54) is 28.7 Å². The number of pyridine rings is 1. The van der Waals surface area contributed by atoms with Gasteiger partial charge in [-0.25, -0.2) is 4.39 Å². The summed E-state index contributed by atoms with van der Waals surface area (Å²) in [4.78, 5) is 29.9. The minimum absolute atomic E-state index is 0.0224. The molecule has 0 saturated carbocycles. The number of methoxy groups -OCH3 is 1. The van der Waals surface area contributed by atoms with E-state index < -0.39 is 22.7 Å². The van der Waals surface area contributed by atoms with Gasteiger partial charge >= 0.3 is 0 Å². The molecular weight excluding hydrogens is 463 g/mol. The summed E-state index contributed by atoms with van der Waals surface area (Å²) in [7, 11) is 1.53. The molecule has 0 fully saturated rings. The summed E-state index contributed by atoms with van der Waals surface area (Å²) in [5, 5.41) is 10.2. The Bertz CT molecular complexity index is 1540. The first-order chi connectivity index (χ1) is 17.3. The van der Waals surface area contributed by atoms with Gasteiger partial charge in [-0.15, -0.1) is 0 Å². The normalized spacial score (nSPS) is 18.2. The number of aromatic nitrogens is 1. The van der Waals surface area contributed by atoms with Crippen LogP contribution in [0.15, 0.2) is 70.8 Å². The monoisotopic (exact) mass is 486 g/mol. The molecule has 2 aromatic carbocycles. The predicted molar refractivity (Wildman–Crippen MR) is 130 cm³/mol. The molecule has 0 radical (unpaired) electrons. The van der Waals surface area contributed by atoms with E-state index in [-0.39, 0.29) is 42.5 Å². The summed E-state index contributed by atoms with van der Waals surface area (Å²) in [5.41, 5.74) is 5.87. The number of ether oxygens (including phenoxy) is 2. The molecule has 0 aliphatic carbocycles. The number of carbonyl (C=O) groups excluding carboxylic acids is 1. The Kier molecular flexibility index (Phi) is 5.61. The average molecular weight is 487 g/mol. The van der Waals surface area contributed by atoms with E-state index in [2.05, 4.69) is 0 Å². The van der Waals surface area contributed by atoms with Crippen molar-refractivity contribution in [3.8, 4) is 11.8 Å². The lowest BCUT2D eigenvalue weighted by Gasteiger charge is -2.34. The van der Waals surface area contributed by atoms with Gasteiger partial charge in [0.2, 0.25) is 11.8 Å². The first kappa shape index (κ1) is 23.3. The van der Waals surface area contributed by atoms with E-state index in [9.17, 15) is 19.2 Å². The maximum atomic E-state index is 14.4. The lowest BCUT2D eigenvalue weighted by molar-refractivity contribution is -0.121. The van der Waals surface area contributed by atoms with Gasteiger partial charge in [0.25, 0.3) is 5.56 Å². The summed E-state index contributed by atoms with van der Waals surface area (Å²) in [6.45, 7) is 2.29. The second-order valence-electron chi connectivity index (χ2n) is 8.72. The summed E-state index contributed by atoms with van der Waals surface area (Å²) >= 11 is 0. The molecule has 9 heteroatoms. The number of para-hydroxylation sites is 1. The number of hydrogen-bond donors (Lipinski definition) is 1. The Hall–Kier alpha value is -4.42. The zero-order chi connectivity index (χ0) is 25.6. The van der Waals surface area contributed by atoms with Gasteiger partial charge in [-0.2, -0.15) is 5.26 Å². The van der Waals surface area contributed by atoms with Crippen LogP contribution in [0.2, 0.25) is 0 Å². The Morgan fingerprint density at radius 1 is 1.17 bits per heavy atom. The zero-order valence-electron chi connectivity index (χ0n) is 19.7. The number of hydrogen-bond acceptors (Lipinski definition) is 6. The van der Waals surface area contributed by atoms with Gasteiger partial charge in [0.1, 0.15) is 23.2 Å². The molecule has 182 valence electrons. The summed E-state index contributed by atoms with van der Waals surface area (Å²) < 4.78 is 26.4. The van der Waals surface area contributed by atoms with Crippen molar-refractivity contribution >= 4 is 11.6 Å². The second kappa shape index (κ2) is 8.66. The standard InChI is InChI=1S/C27H23FN4O4/c1-16-12-22-23(25(33)31(16)10-11-35-2)27(20(14-29)24(30)36-22)19-8-3-4-9-21(19)32(26(27)34)15-17-6-5-7-18(28)13-17/h3-9,12-13H,10-11,15,30H2,1-2H3. The van der Waals surface area contributed by atoms with Crippen molar-refractivity contribution in [2.24, 2.45) is 5.73 Å². The third-order valence-corrected chi connectivity index (χ3v) is 6.71. The molecule has 5 rings (SSSR count). The third kappa shape index (κ3) is 3.22. The number of anilines is 1. The molecule has 2 aliphatic rings. The van der Waals surface area contributed by atoms with Gasteiger partial charge in [-0.05, 0) is 30.7 Å². The molecule has 1 amide bonds. The van der Waals surface area contributed by atoms with Gasteiger partial charge in [0.15, 0.2) is 5.41 Å². The fraction of sp³-hybridized carbons (Fsp3) is 0.222. The molecule has 0 bridgehead atoms. The van der Waals surface area contributed by atoms with Gasteiger partial charge in [0.05, 0.1) is 18.7 Å². The quantitative estimate of drug-likeness (QED) is 0.594. The second-order valence-corrected chi connectivity index (χ2v) is 8.72. The van der Waals surface area contributed by atoms with Gasteiger partial charge in [0, 0.05) is 36.7 Å². The van der Waals surface area contributed by atoms with Crippen molar-refractivity contribution in [2.75, 3.05) is 18.6 Å². The third-order valence-electron chi connectivity index (χ3n) is 6.71. The molecule has 3 aromatic rings. The largest absolute Gasteiger partial charge is 0.440 e. The summed E-state index contributed by atoms with van der Waals surface area (Å²) in [6.07, 6.45) is 0. The number of halogens is 1. The highest BCUT2D eigenvalue weighted by molar-refractivity contribution is 6.14. The number of nitriles is 1. The molecule has 1 unspecified atom stereocenters. The highest BCUT2D eigenvalue weighted by atomic mass is 19.1. The Balaban J connectivity index is 1.81. The van der Waals surface area contributed by atoms with E-state index >= 15 is 0 Å². The minimum atomic E-state index is -1.81. The van der Waals surface area contributed by atoms with Crippen molar-refractivity contribution in [3.05, 3.63) is 105 Å². The van der Waals surface area contributed by atoms with E-state index in [4.69, 9.17) is 15.2 Å². The molecule has 1 aromatic heterocycles. The summed E-state index contributed by atoms with van der Waals surface area (Å²) in [5.74, 6) is -1.08. The SMILES string of the molecule is COCCn1c(C)cc2c(c1=O)C1(C(=O)N(Cc3cccc(F)c3)c3ccccc31)C(C#N)=C(N)O2. The van der Waals surface area contributed by atoms with E-state index in [1.807, 2.05) is 6.07 Å². The smallest absolute Gasteiger partial charge is 0.259 e. The molecule has 3 heterocycles. The molecule has 2 aliphatic heterocycles. The topological polar surface area (TPSA) is 111 Å². The predicted octanol–water partition coefficient (Wildman–Crippen LogP) is 2.86.